The molecule has 0 fully saturated rings. The molecule has 0 bridgehead atoms. The summed E-state index contributed by atoms with van der Waals surface area (Å²) in [4.78, 5) is 25.5. The molecule has 0 aromatic carbocycles. The quantitative estimate of drug-likeness (QED) is 0.0346. The molecule has 5 nitrogen and oxygen atoms in total. The third-order valence-electron chi connectivity index (χ3n) is 12.8. The third kappa shape index (κ3) is 51.3. The second kappa shape index (κ2) is 54.0. The predicted molar refractivity (Wildman–Crippen MR) is 270 cm³/mol. The van der Waals surface area contributed by atoms with Crippen LogP contribution in [0.15, 0.2) is 12.2 Å². The van der Waals surface area contributed by atoms with Gasteiger partial charge < -0.3 is 14.2 Å². The van der Waals surface area contributed by atoms with Gasteiger partial charge in [-0.05, 0) is 44.9 Å². The van der Waals surface area contributed by atoms with E-state index in [1.165, 1.54) is 238 Å². The second-order valence-corrected chi connectivity index (χ2v) is 19.2. The second-order valence-electron chi connectivity index (χ2n) is 19.2. The molecule has 0 heterocycles. The number of hydrogen-bond donors (Lipinski definition) is 0. The van der Waals surface area contributed by atoms with Crippen molar-refractivity contribution in [2.45, 2.75) is 322 Å². The maximum Gasteiger partial charge on any atom is 0.306 e. The number of carbonyl (C=O) groups excluding carboxylic acids is 2. The van der Waals surface area contributed by atoms with Crippen molar-refractivity contribution >= 4 is 11.9 Å². The summed E-state index contributed by atoms with van der Waals surface area (Å²) in [6, 6.07) is 0. The van der Waals surface area contributed by atoms with Crippen LogP contribution in [0.4, 0.5) is 0 Å². The van der Waals surface area contributed by atoms with Crippen molar-refractivity contribution in [1.82, 2.24) is 0 Å². The Morgan fingerprint density at radius 2 is 0.629 bits per heavy atom. The highest BCUT2D eigenvalue weighted by molar-refractivity contribution is 5.70. The maximum absolute atomic E-state index is 12.8. The van der Waals surface area contributed by atoms with Crippen molar-refractivity contribution in [2.24, 2.45) is 0 Å². The van der Waals surface area contributed by atoms with Crippen molar-refractivity contribution in [2.75, 3.05) is 19.8 Å². The van der Waals surface area contributed by atoms with Crippen LogP contribution in [-0.4, -0.2) is 37.9 Å². The Morgan fingerprint density at radius 3 is 0.984 bits per heavy atom. The van der Waals surface area contributed by atoms with Gasteiger partial charge in [0, 0.05) is 19.4 Å². The lowest BCUT2D eigenvalue weighted by Crippen LogP contribution is -2.30. The SMILES string of the molecule is CCCCCCCC/C=C\CCCCCCCC(=O)OC(COCCCCCCCCCCCCCCCC)COC(=O)CCCCCCCCCCCCCCCCCCC. The molecule has 0 rings (SSSR count). The van der Waals surface area contributed by atoms with E-state index in [9.17, 15) is 9.59 Å². The van der Waals surface area contributed by atoms with Crippen molar-refractivity contribution in [3.63, 3.8) is 0 Å². The van der Waals surface area contributed by atoms with Crippen LogP contribution in [0.2, 0.25) is 0 Å². The lowest BCUT2D eigenvalue weighted by Gasteiger charge is -2.18. The Balaban J connectivity index is 4.20. The minimum absolute atomic E-state index is 0.0919. The first kappa shape index (κ1) is 60.6. The molecular formula is C57H110O5. The Bertz CT molecular complexity index is 902. The van der Waals surface area contributed by atoms with Crippen LogP contribution in [0.5, 0.6) is 0 Å². The van der Waals surface area contributed by atoms with E-state index in [2.05, 4.69) is 32.9 Å². The number of allylic oxidation sites excluding steroid dienone is 2. The first-order valence-electron chi connectivity index (χ1n) is 28.2. The van der Waals surface area contributed by atoms with Gasteiger partial charge in [0.05, 0.1) is 6.61 Å². The lowest BCUT2D eigenvalue weighted by atomic mass is 10.0. The molecule has 62 heavy (non-hydrogen) atoms. The third-order valence-corrected chi connectivity index (χ3v) is 12.8. The molecule has 0 aromatic rings. The van der Waals surface area contributed by atoms with Gasteiger partial charge in [-0.25, -0.2) is 0 Å². The molecule has 5 heteroatoms. The predicted octanol–water partition coefficient (Wildman–Crippen LogP) is 19.0. The summed E-state index contributed by atoms with van der Waals surface area (Å²) < 4.78 is 17.5. The molecule has 1 atom stereocenters. The van der Waals surface area contributed by atoms with E-state index in [1.807, 2.05) is 0 Å². The Labute approximate surface area is 388 Å². The Kier molecular flexibility index (Phi) is 52.8. The van der Waals surface area contributed by atoms with Crippen molar-refractivity contribution in [3.05, 3.63) is 12.2 Å². The highest BCUT2D eigenvalue weighted by Crippen LogP contribution is 2.17. The van der Waals surface area contributed by atoms with Crippen LogP contribution < -0.4 is 0 Å². The standard InChI is InChI=1S/C57H110O5/c1-4-7-10-13-16-19-22-25-28-29-31-32-35-38-41-44-47-50-56(58)61-54-55(53-60-52-49-46-43-40-37-34-27-24-21-18-15-12-9-6-3)62-57(59)51-48-45-42-39-36-33-30-26-23-20-17-14-11-8-5-2/h26,30,55H,4-25,27-29,31-54H2,1-3H3/b30-26-. The fourth-order valence-electron chi connectivity index (χ4n) is 8.57. The van der Waals surface area contributed by atoms with E-state index >= 15 is 0 Å². The molecule has 0 aliphatic rings. The molecule has 1 unspecified atom stereocenters. The fraction of sp³-hybridized carbons (Fsp3) is 0.930. The highest BCUT2D eigenvalue weighted by atomic mass is 16.6. The van der Waals surface area contributed by atoms with E-state index in [4.69, 9.17) is 14.2 Å². The van der Waals surface area contributed by atoms with Crippen LogP contribution in [0.25, 0.3) is 0 Å². The topological polar surface area (TPSA) is 61.8 Å². The highest BCUT2D eigenvalue weighted by Gasteiger charge is 2.17. The number of hydrogen-bond acceptors (Lipinski definition) is 5. The lowest BCUT2D eigenvalue weighted by molar-refractivity contribution is -0.163. The van der Waals surface area contributed by atoms with Crippen LogP contribution in [0, 0.1) is 0 Å². The van der Waals surface area contributed by atoms with Gasteiger partial charge in [0.1, 0.15) is 6.61 Å². The molecule has 0 aromatic heterocycles. The molecule has 0 aliphatic carbocycles. The van der Waals surface area contributed by atoms with Gasteiger partial charge in [-0.2, -0.15) is 0 Å². The summed E-state index contributed by atoms with van der Waals surface area (Å²) in [5.74, 6) is -0.381. The number of unbranched alkanes of at least 4 members (excludes halogenated alkanes) is 40. The van der Waals surface area contributed by atoms with Gasteiger partial charge in [-0.1, -0.05) is 270 Å². The van der Waals surface area contributed by atoms with Crippen molar-refractivity contribution in [3.8, 4) is 0 Å². The molecule has 0 radical (unpaired) electrons. The van der Waals surface area contributed by atoms with E-state index in [0.717, 1.165) is 44.9 Å². The molecular weight excluding hydrogens is 765 g/mol. The summed E-state index contributed by atoms with van der Waals surface area (Å²) in [6.45, 7) is 7.89. The van der Waals surface area contributed by atoms with E-state index in [-0.39, 0.29) is 18.5 Å². The van der Waals surface area contributed by atoms with Crippen molar-refractivity contribution < 1.29 is 23.8 Å². The average molecular weight is 876 g/mol. The summed E-state index contributed by atoms with van der Waals surface area (Å²) in [6.07, 6.45) is 62.2. The first-order chi connectivity index (χ1) is 30.6. The normalized spacial score (nSPS) is 12.1. The molecule has 0 N–H and O–H groups in total. The summed E-state index contributed by atoms with van der Waals surface area (Å²) >= 11 is 0. The van der Waals surface area contributed by atoms with E-state index in [1.54, 1.807) is 0 Å². The molecule has 368 valence electrons. The van der Waals surface area contributed by atoms with Crippen LogP contribution in [-0.2, 0) is 23.8 Å². The zero-order chi connectivity index (χ0) is 44.9. The minimum atomic E-state index is -0.531. The van der Waals surface area contributed by atoms with E-state index in [0.29, 0.717) is 26.1 Å². The summed E-state index contributed by atoms with van der Waals surface area (Å²) in [7, 11) is 0. The molecule has 0 saturated carbocycles. The van der Waals surface area contributed by atoms with E-state index < -0.39 is 6.10 Å². The molecule has 0 saturated heterocycles. The monoisotopic (exact) mass is 875 g/mol. The first-order valence-corrected chi connectivity index (χ1v) is 28.2. The number of rotatable bonds is 53. The van der Waals surface area contributed by atoms with Crippen molar-refractivity contribution in [1.29, 1.82) is 0 Å². The molecule has 0 amide bonds. The number of ether oxygens (including phenoxy) is 3. The largest absolute Gasteiger partial charge is 0.462 e. The zero-order valence-electron chi connectivity index (χ0n) is 42.4. The van der Waals surface area contributed by atoms with Gasteiger partial charge in [0.2, 0.25) is 0 Å². The van der Waals surface area contributed by atoms with Gasteiger partial charge in [-0.15, -0.1) is 0 Å². The van der Waals surface area contributed by atoms with Crippen LogP contribution in [0.1, 0.15) is 316 Å². The summed E-state index contributed by atoms with van der Waals surface area (Å²) in [5.41, 5.74) is 0. The van der Waals surface area contributed by atoms with Crippen LogP contribution >= 0.6 is 0 Å². The smallest absolute Gasteiger partial charge is 0.306 e. The number of esters is 2. The van der Waals surface area contributed by atoms with Gasteiger partial charge in [0.15, 0.2) is 6.10 Å². The average Bonchev–Trinajstić information content (AvgIpc) is 3.27. The molecule has 0 aliphatic heterocycles. The van der Waals surface area contributed by atoms with Gasteiger partial charge in [0.25, 0.3) is 0 Å². The Hall–Kier alpha value is -1.36. The van der Waals surface area contributed by atoms with Crippen LogP contribution in [0.3, 0.4) is 0 Å². The zero-order valence-corrected chi connectivity index (χ0v) is 42.4. The maximum atomic E-state index is 12.8. The number of carbonyl (C=O) groups is 2. The minimum Gasteiger partial charge on any atom is -0.462 e. The molecule has 0 spiro atoms. The Morgan fingerprint density at radius 1 is 0.339 bits per heavy atom. The fourth-order valence-corrected chi connectivity index (χ4v) is 8.57. The van der Waals surface area contributed by atoms with Gasteiger partial charge in [-0.3, -0.25) is 9.59 Å². The van der Waals surface area contributed by atoms with Gasteiger partial charge >= 0.3 is 11.9 Å². The summed E-state index contributed by atoms with van der Waals surface area (Å²) in [5, 5.41) is 0.